The molecule has 128 valence electrons. The molecule has 0 aliphatic carbocycles. The molecule has 0 aromatic heterocycles. The van der Waals surface area contributed by atoms with Crippen LogP contribution in [0.4, 0.5) is 0 Å². The smallest absolute Gasteiger partial charge is 0.337 e. The zero-order valence-corrected chi connectivity index (χ0v) is 14.1. The van der Waals surface area contributed by atoms with Crippen LogP contribution in [-0.4, -0.2) is 48.4 Å². The standard InChI is InChI=1S/C19H18N2O4/c1-20(11-13-7-9-14(10-8-13)19(24)25-2)12-21-17(22)15-5-3-4-6-16(15)18(21)23/h3-10H,11-12H2,1-2H3. The number of nitrogens with zero attached hydrogens (tertiary/aromatic N) is 2. The van der Waals surface area contributed by atoms with Crippen molar-refractivity contribution in [3.63, 3.8) is 0 Å². The number of benzene rings is 2. The monoisotopic (exact) mass is 338 g/mol. The number of rotatable bonds is 5. The molecule has 1 heterocycles. The predicted octanol–water partition coefficient (Wildman–Crippen LogP) is 2.16. The molecule has 1 aliphatic rings. The van der Waals surface area contributed by atoms with Crippen molar-refractivity contribution in [2.75, 3.05) is 20.8 Å². The third-order valence-corrected chi connectivity index (χ3v) is 4.09. The van der Waals surface area contributed by atoms with Crippen molar-refractivity contribution < 1.29 is 19.1 Å². The summed E-state index contributed by atoms with van der Waals surface area (Å²) in [7, 11) is 3.17. The minimum absolute atomic E-state index is 0.200. The van der Waals surface area contributed by atoms with E-state index in [0.29, 0.717) is 23.2 Å². The third-order valence-electron chi connectivity index (χ3n) is 4.09. The number of fused-ring (bicyclic) bond motifs is 1. The van der Waals surface area contributed by atoms with Crippen LogP contribution < -0.4 is 0 Å². The molecule has 0 unspecified atom stereocenters. The van der Waals surface area contributed by atoms with Gasteiger partial charge >= 0.3 is 5.97 Å². The normalized spacial score (nSPS) is 13.3. The molecule has 0 atom stereocenters. The highest BCUT2D eigenvalue weighted by Crippen LogP contribution is 2.22. The number of imide groups is 1. The summed E-state index contributed by atoms with van der Waals surface area (Å²) < 4.78 is 4.67. The number of ether oxygens (including phenoxy) is 1. The summed E-state index contributed by atoms with van der Waals surface area (Å²) in [6, 6.07) is 13.9. The van der Waals surface area contributed by atoms with E-state index >= 15 is 0 Å². The van der Waals surface area contributed by atoms with E-state index in [9.17, 15) is 14.4 Å². The van der Waals surface area contributed by atoms with Gasteiger partial charge in [0, 0.05) is 6.54 Å². The lowest BCUT2D eigenvalue weighted by molar-refractivity contribution is 0.0555. The van der Waals surface area contributed by atoms with Gasteiger partial charge in [-0.05, 0) is 36.9 Å². The molecule has 0 saturated carbocycles. The number of esters is 1. The third kappa shape index (κ3) is 3.29. The fourth-order valence-corrected chi connectivity index (χ4v) is 2.83. The summed E-state index contributed by atoms with van der Waals surface area (Å²) in [5, 5.41) is 0. The first kappa shape index (κ1) is 16.9. The molecule has 2 amide bonds. The van der Waals surface area contributed by atoms with E-state index in [1.165, 1.54) is 12.0 Å². The van der Waals surface area contributed by atoms with Gasteiger partial charge in [-0.15, -0.1) is 0 Å². The van der Waals surface area contributed by atoms with Gasteiger partial charge in [-0.1, -0.05) is 24.3 Å². The topological polar surface area (TPSA) is 66.9 Å². The molecule has 6 nitrogen and oxygen atoms in total. The molecule has 0 N–H and O–H groups in total. The summed E-state index contributed by atoms with van der Waals surface area (Å²) >= 11 is 0. The van der Waals surface area contributed by atoms with Crippen LogP contribution in [0.5, 0.6) is 0 Å². The van der Waals surface area contributed by atoms with Gasteiger partial charge < -0.3 is 4.74 Å². The molecule has 2 aromatic carbocycles. The minimum atomic E-state index is -0.383. The van der Waals surface area contributed by atoms with Gasteiger partial charge in [0.1, 0.15) is 0 Å². The lowest BCUT2D eigenvalue weighted by atomic mass is 10.1. The van der Waals surface area contributed by atoms with E-state index in [-0.39, 0.29) is 24.5 Å². The molecular weight excluding hydrogens is 320 g/mol. The average molecular weight is 338 g/mol. The molecule has 6 heteroatoms. The quantitative estimate of drug-likeness (QED) is 0.617. The van der Waals surface area contributed by atoms with E-state index in [4.69, 9.17) is 0 Å². The van der Waals surface area contributed by atoms with Crippen LogP contribution >= 0.6 is 0 Å². The highest BCUT2D eigenvalue weighted by Gasteiger charge is 2.35. The number of methoxy groups -OCH3 is 1. The van der Waals surface area contributed by atoms with Crippen molar-refractivity contribution in [3.8, 4) is 0 Å². The van der Waals surface area contributed by atoms with Crippen LogP contribution in [0.1, 0.15) is 36.6 Å². The molecule has 1 aliphatic heterocycles. The molecule has 0 fully saturated rings. The molecule has 3 rings (SSSR count). The summed E-state index contributed by atoms with van der Waals surface area (Å²) in [5.41, 5.74) is 2.34. The molecule has 25 heavy (non-hydrogen) atoms. The summed E-state index contributed by atoms with van der Waals surface area (Å²) in [5.74, 6) is -0.923. The van der Waals surface area contributed by atoms with E-state index in [2.05, 4.69) is 4.74 Å². The minimum Gasteiger partial charge on any atom is -0.465 e. The average Bonchev–Trinajstić information content (AvgIpc) is 2.87. The SMILES string of the molecule is COC(=O)c1ccc(CN(C)CN2C(=O)c3ccccc3C2=O)cc1. The van der Waals surface area contributed by atoms with Gasteiger partial charge in [-0.25, -0.2) is 4.79 Å². The lowest BCUT2D eigenvalue weighted by Gasteiger charge is -2.22. The second-order valence-electron chi connectivity index (χ2n) is 5.93. The molecule has 2 aromatic rings. The lowest BCUT2D eigenvalue weighted by Crippen LogP contribution is -2.39. The zero-order valence-electron chi connectivity index (χ0n) is 14.1. The summed E-state index contributed by atoms with van der Waals surface area (Å²) in [4.78, 5) is 39.3. The fourth-order valence-electron chi connectivity index (χ4n) is 2.83. The number of carbonyl (C=O) groups is 3. The highest BCUT2D eigenvalue weighted by atomic mass is 16.5. The Bertz CT molecular complexity index is 795. The van der Waals surface area contributed by atoms with Crippen molar-refractivity contribution in [1.29, 1.82) is 0 Å². The van der Waals surface area contributed by atoms with Crippen molar-refractivity contribution in [1.82, 2.24) is 9.80 Å². The first-order chi connectivity index (χ1) is 12.0. The van der Waals surface area contributed by atoms with E-state index in [1.807, 2.05) is 24.1 Å². The van der Waals surface area contributed by atoms with E-state index in [0.717, 1.165) is 5.56 Å². The van der Waals surface area contributed by atoms with Gasteiger partial charge in [0.05, 0.1) is 30.5 Å². The molecular formula is C19H18N2O4. The molecule has 0 bridgehead atoms. The summed E-state index contributed by atoms with van der Waals surface area (Å²) in [6.07, 6.45) is 0. The van der Waals surface area contributed by atoms with E-state index in [1.54, 1.807) is 36.4 Å². The Morgan fingerprint density at radius 3 is 2.08 bits per heavy atom. The zero-order chi connectivity index (χ0) is 18.0. The Kier molecular flexibility index (Phi) is 4.63. The van der Waals surface area contributed by atoms with Gasteiger partial charge in [0.2, 0.25) is 0 Å². The van der Waals surface area contributed by atoms with Crippen LogP contribution in [0.25, 0.3) is 0 Å². The largest absolute Gasteiger partial charge is 0.465 e. The first-order valence-electron chi connectivity index (χ1n) is 7.82. The van der Waals surface area contributed by atoms with Crippen molar-refractivity contribution >= 4 is 17.8 Å². The molecule has 0 spiro atoms. The van der Waals surface area contributed by atoms with Gasteiger partial charge in [-0.3, -0.25) is 19.4 Å². The molecule has 0 radical (unpaired) electrons. The highest BCUT2D eigenvalue weighted by molar-refractivity contribution is 6.21. The predicted molar refractivity (Wildman–Crippen MR) is 91.1 cm³/mol. The van der Waals surface area contributed by atoms with Crippen LogP contribution in [0.3, 0.4) is 0 Å². The van der Waals surface area contributed by atoms with Crippen LogP contribution in [0.2, 0.25) is 0 Å². The van der Waals surface area contributed by atoms with E-state index < -0.39 is 0 Å². The van der Waals surface area contributed by atoms with Crippen LogP contribution in [-0.2, 0) is 11.3 Å². The van der Waals surface area contributed by atoms with Crippen LogP contribution in [0.15, 0.2) is 48.5 Å². The number of carbonyl (C=O) groups excluding carboxylic acids is 3. The first-order valence-corrected chi connectivity index (χ1v) is 7.82. The van der Waals surface area contributed by atoms with Crippen molar-refractivity contribution in [2.24, 2.45) is 0 Å². The summed E-state index contributed by atoms with van der Waals surface area (Å²) in [6.45, 7) is 0.736. The maximum Gasteiger partial charge on any atom is 0.337 e. The van der Waals surface area contributed by atoms with Crippen LogP contribution in [0, 0.1) is 0 Å². The Labute approximate surface area is 145 Å². The number of amides is 2. The maximum absolute atomic E-state index is 12.4. The Morgan fingerprint density at radius 2 is 1.56 bits per heavy atom. The van der Waals surface area contributed by atoms with Gasteiger partial charge in [0.25, 0.3) is 11.8 Å². The Balaban J connectivity index is 1.65. The molecule has 0 saturated heterocycles. The Morgan fingerprint density at radius 1 is 1.00 bits per heavy atom. The number of hydrogen-bond donors (Lipinski definition) is 0. The number of hydrogen-bond acceptors (Lipinski definition) is 5. The van der Waals surface area contributed by atoms with Crippen molar-refractivity contribution in [3.05, 3.63) is 70.8 Å². The van der Waals surface area contributed by atoms with Gasteiger partial charge in [0.15, 0.2) is 0 Å². The second-order valence-corrected chi connectivity index (χ2v) is 5.93. The second kappa shape index (κ2) is 6.86. The van der Waals surface area contributed by atoms with Gasteiger partial charge in [-0.2, -0.15) is 0 Å². The fraction of sp³-hybridized carbons (Fsp3) is 0.211. The Hall–Kier alpha value is -2.99. The van der Waals surface area contributed by atoms with Crippen molar-refractivity contribution in [2.45, 2.75) is 6.54 Å². The maximum atomic E-state index is 12.4.